The molecule has 2 rings (SSSR count). The Balaban J connectivity index is 1.94. The summed E-state index contributed by atoms with van der Waals surface area (Å²) in [5, 5.41) is 0. The van der Waals surface area contributed by atoms with Crippen molar-refractivity contribution in [3.05, 3.63) is 35.1 Å². The van der Waals surface area contributed by atoms with Gasteiger partial charge in [0.05, 0.1) is 12.7 Å². The number of hydrogen-bond donors (Lipinski definition) is 0. The van der Waals surface area contributed by atoms with Crippen LogP contribution in [0.15, 0.2) is 18.2 Å². The molecular weight excluding hydrogens is 305 g/mol. The smallest absolute Gasteiger partial charge is 0.337 e. The van der Waals surface area contributed by atoms with Gasteiger partial charge in [0.1, 0.15) is 5.82 Å². The molecule has 24 heavy (non-hydrogen) atoms. The van der Waals surface area contributed by atoms with Gasteiger partial charge in [-0.05, 0) is 61.9 Å². The summed E-state index contributed by atoms with van der Waals surface area (Å²) in [5.41, 5.74) is 1.58. The highest BCUT2D eigenvalue weighted by Gasteiger charge is 2.31. The first kappa shape index (κ1) is 18.9. The number of hydrogen-bond acceptors (Lipinski definition) is 3. The second-order valence-corrected chi connectivity index (χ2v) is 7.24. The van der Waals surface area contributed by atoms with Crippen molar-refractivity contribution >= 4 is 5.97 Å². The number of benzene rings is 1. The highest BCUT2D eigenvalue weighted by molar-refractivity contribution is 5.89. The van der Waals surface area contributed by atoms with Gasteiger partial charge in [-0.25, -0.2) is 9.18 Å². The van der Waals surface area contributed by atoms with Crippen molar-refractivity contribution < 1.29 is 13.9 Å². The van der Waals surface area contributed by atoms with Crippen LogP contribution in [0.25, 0.3) is 0 Å². The Morgan fingerprint density at radius 2 is 1.96 bits per heavy atom. The molecule has 0 aliphatic heterocycles. The third-order valence-electron chi connectivity index (χ3n) is 5.43. The summed E-state index contributed by atoms with van der Waals surface area (Å²) in [5.74, 6) is -0.871. The summed E-state index contributed by atoms with van der Waals surface area (Å²) >= 11 is 0. The average molecular weight is 335 g/mol. The van der Waals surface area contributed by atoms with E-state index in [9.17, 15) is 9.18 Å². The van der Waals surface area contributed by atoms with E-state index in [-0.39, 0.29) is 11.4 Å². The molecule has 0 unspecified atom stereocenters. The predicted molar refractivity (Wildman–Crippen MR) is 94.7 cm³/mol. The Bertz CT molecular complexity index is 553. The maximum Gasteiger partial charge on any atom is 0.337 e. The Labute approximate surface area is 145 Å². The molecule has 1 saturated carbocycles. The fourth-order valence-corrected chi connectivity index (χ4v) is 3.93. The first-order valence-corrected chi connectivity index (χ1v) is 9.04. The van der Waals surface area contributed by atoms with E-state index in [0.29, 0.717) is 5.41 Å². The van der Waals surface area contributed by atoms with Gasteiger partial charge in [-0.15, -0.1) is 0 Å². The van der Waals surface area contributed by atoms with Crippen molar-refractivity contribution in [2.24, 2.45) is 5.41 Å². The number of nitrogens with zero attached hydrogens (tertiary/aromatic N) is 1. The third kappa shape index (κ3) is 5.04. The van der Waals surface area contributed by atoms with Gasteiger partial charge < -0.3 is 9.64 Å². The Morgan fingerprint density at radius 1 is 1.25 bits per heavy atom. The number of esters is 1. The Kier molecular flexibility index (Phi) is 6.79. The molecule has 0 spiro atoms. The van der Waals surface area contributed by atoms with Crippen LogP contribution in [-0.4, -0.2) is 38.1 Å². The Morgan fingerprint density at radius 3 is 2.58 bits per heavy atom. The van der Waals surface area contributed by atoms with Crippen LogP contribution in [0.2, 0.25) is 0 Å². The molecule has 0 bridgehead atoms. The van der Waals surface area contributed by atoms with E-state index in [4.69, 9.17) is 0 Å². The van der Waals surface area contributed by atoms with Crippen LogP contribution in [0.1, 0.15) is 61.4 Å². The number of carbonyl (C=O) groups excluding carboxylic acids is 1. The Hall–Kier alpha value is -1.42. The third-order valence-corrected chi connectivity index (χ3v) is 5.43. The molecule has 4 heteroatoms. The quantitative estimate of drug-likeness (QED) is 0.690. The van der Waals surface area contributed by atoms with Crippen LogP contribution in [0.4, 0.5) is 4.39 Å². The summed E-state index contributed by atoms with van der Waals surface area (Å²) in [6.45, 7) is 4.27. The van der Waals surface area contributed by atoms with Crippen LogP contribution in [-0.2, 0) is 11.2 Å². The molecule has 0 N–H and O–H groups in total. The van der Waals surface area contributed by atoms with Gasteiger partial charge in [0.25, 0.3) is 0 Å². The molecule has 0 radical (unpaired) electrons. The van der Waals surface area contributed by atoms with Crippen LogP contribution in [0, 0.1) is 11.2 Å². The predicted octanol–water partition coefficient (Wildman–Crippen LogP) is 4.45. The summed E-state index contributed by atoms with van der Waals surface area (Å²) in [6, 6.07) is 4.47. The monoisotopic (exact) mass is 335 g/mol. The number of halogens is 1. The summed E-state index contributed by atoms with van der Waals surface area (Å²) in [7, 11) is 3.46. The van der Waals surface area contributed by atoms with E-state index in [1.165, 1.54) is 57.8 Å². The van der Waals surface area contributed by atoms with Gasteiger partial charge in [0.15, 0.2) is 0 Å². The van der Waals surface area contributed by atoms with E-state index in [0.717, 1.165) is 25.1 Å². The van der Waals surface area contributed by atoms with Gasteiger partial charge in [-0.3, -0.25) is 0 Å². The van der Waals surface area contributed by atoms with Crippen LogP contribution in [0.3, 0.4) is 0 Å². The summed E-state index contributed by atoms with van der Waals surface area (Å²) in [4.78, 5) is 14.0. The van der Waals surface area contributed by atoms with Crippen molar-refractivity contribution in [1.82, 2.24) is 4.90 Å². The van der Waals surface area contributed by atoms with Crippen LogP contribution in [0.5, 0.6) is 0 Å². The van der Waals surface area contributed by atoms with Crippen molar-refractivity contribution in [2.75, 3.05) is 27.2 Å². The largest absolute Gasteiger partial charge is 0.465 e. The lowest BCUT2D eigenvalue weighted by atomic mass is 9.72. The van der Waals surface area contributed by atoms with Crippen molar-refractivity contribution in [2.45, 2.75) is 51.9 Å². The fourth-order valence-electron chi connectivity index (χ4n) is 3.93. The van der Waals surface area contributed by atoms with E-state index in [1.54, 1.807) is 6.07 Å². The summed E-state index contributed by atoms with van der Waals surface area (Å²) < 4.78 is 18.4. The number of ether oxygens (including phenoxy) is 1. The molecule has 1 aliphatic rings. The molecule has 0 aromatic heterocycles. The number of likely N-dealkylation sites (N-methyl/N-ethyl adjacent to an activating group) is 1. The number of carbonyl (C=O) groups is 1. The molecule has 134 valence electrons. The molecule has 0 amide bonds. The highest BCUT2D eigenvalue weighted by atomic mass is 19.1. The lowest BCUT2D eigenvalue weighted by molar-refractivity contribution is 0.0600. The summed E-state index contributed by atoms with van der Waals surface area (Å²) in [6.07, 6.45) is 8.65. The molecule has 0 heterocycles. The SMILES string of the molecule is CCC1(CN(C)CCc2cc(F)cc(C(=O)OC)c2)CCCCC1. The van der Waals surface area contributed by atoms with Gasteiger partial charge in [0, 0.05) is 13.1 Å². The molecule has 1 aromatic rings. The molecule has 1 aromatic carbocycles. The number of methoxy groups -OCH3 is 1. The zero-order chi connectivity index (χ0) is 17.6. The molecule has 1 fully saturated rings. The molecule has 3 nitrogen and oxygen atoms in total. The van der Waals surface area contributed by atoms with E-state index in [1.807, 2.05) is 0 Å². The molecule has 1 aliphatic carbocycles. The lowest BCUT2D eigenvalue weighted by Gasteiger charge is -2.39. The van der Waals surface area contributed by atoms with Gasteiger partial charge in [0.2, 0.25) is 0 Å². The minimum atomic E-state index is -0.490. The van der Waals surface area contributed by atoms with Crippen molar-refractivity contribution in [1.29, 1.82) is 0 Å². The van der Waals surface area contributed by atoms with E-state index >= 15 is 0 Å². The normalized spacial score (nSPS) is 17.0. The first-order valence-electron chi connectivity index (χ1n) is 9.04. The molecule has 0 saturated heterocycles. The second-order valence-electron chi connectivity index (χ2n) is 7.24. The maximum atomic E-state index is 13.7. The zero-order valence-corrected chi connectivity index (χ0v) is 15.2. The second kappa shape index (κ2) is 8.61. The van der Waals surface area contributed by atoms with Gasteiger partial charge in [-0.2, -0.15) is 0 Å². The standard InChI is InChI=1S/C20H30FNO2/c1-4-20(9-6-5-7-10-20)15-22(2)11-8-16-12-17(19(23)24-3)14-18(21)13-16/h12-14H,4-11,15H2,1-3H3. The van der Waals surface area contributed by atoms with E-state index in [2.05, 4.69) is 23.6 Å². The fraction of sp³-hybridized carbons (Fsp3) is 0.650. The van der Waals surface area contributed by atoms with Crippen LogP contribution >= 0.6 is 0 Å². The first-order chi connectivity index (χ1) is 11.5. The average Bonchev–Trinajstić information content (AvgIpc) is 2.59. The zero-order valence-electron chi connectivity index (χ0n) is 15.2. The van der Waals surface area contributed by atoms with E-state index < -0.39 is 5.97 Å². The molecule has 0 atom stereocenters. The van der Waals surface area contributed by atoms with Gasteiger partial charge >= 0.3 is 5.97 Å². The number of rotatable bonds is 7. The van der Waals surface area contributed by atoms with Crippen molar-refractivity contribution in [3.63, 3.8) is 0 Å². The lowest BCUT2D eigenvalue weighted by Crippen LogP contribution is -2.37. The topological polar surface area (TPSA) is 29.5 Å². The van der Waals surface area contributed by atoms with Crippen molar-refractivity contribution in [3.8, 4) is 0 Å². The minimum Gasteiger partial charge on any atom is -0.465 e. The van der Waals surface area contributed by atoms with Gasteiger partial charge in [-0.1, -0.05) is 26.2 Å². The van der Waals surface area contributed by atoms with Crippen LogP contribution < -0.4 is 0 Å². The minimum absolute atomic E-state index is 0.285. The molecular formula is C20H30FNO2. The highest BCUT2D eigenvalue weighted by Crippen LogP contribution is 2.39. The maximum absolute atomic E-state index is 13.7.